The first-order valence-corrected chi connectivity index (χ1v) is 7.84. The molecule has 0 aromatic heterocycles. The van der Waals surface area contributed by atoms with Crippen molar-refractivity contribution in [2.75, 3.05) is 13.2 Å². The van der Waals surface area contributed by atoms with Gasteiger partial charge in [0.25, 0.3) is 0 Å². The number of hydrogen-bond acceptors (Lipinski definition) is 4. The van der Waals surface area contributed by atoms with Gasteiger partial charge in [0.15, 0.2) is 17.3 Å². The summed E-state index contributed by atoms with van der Waals surface area (Å²) in [7, 11) is 0. The van der Waals surface area contributed by atoms with Gasteiger partial charge < -0.3 is 15.2 Å². The van der Waals surface area contributed by atoms with Gasteiger partial charge in [-0.15, -0.1) is 0 Å². The van der Waals surface area contributed by atoms with Gasteiger partial charge in [0.1, 0.15) is 0 Å². The van der Waals surface area contributed by atoms with Crippen LogP contribution in [0.5, 0.6) is 11.5 Å². The Morgan fingerprint density at radius 2 is 1.71 bits per heavy atom. The van der Waals surface area contributed by atoms with Crippen LogP contribution in [-0.2, 0) is 0 Å². The van der Waals surface area contributed by atoms with Crippen molar-refractivity contribution >= 4 is 5.78 Å². The molecule has 4 heteroatoms. The number of hydrogen-bond donors (Lipinski definition) is 1. The first kappa shape index (κ1) is 15.8. The Labute approximate surface area is 126 Å². The summed E-state index contributed by atoms with van der Waals surface area (Å²) in [5.74, 6) is 1.31. The lowest BCUT2D eigenvalue weighted by Crippen LogP contribution is -2.49. The van der Waals surface area contributed by atoms with Crippen LogP contribution < -0.4 is 15.2 Å². The second-order valence-corrected chi connectivity index (χ2v) is 5.57. The van der Waals surface area contributed by atoms with Crippen molar-refractivity contribution in [1.29, 1.82) is 0 Å². The highest BCUT2D eigenvalue weighted by Crippen LogP contribution is 2.33. The second kappa shape index (κ2) is 6.94. The maximum absolute atomic E-state index is 12.7. The summed E-state index contributed by atoms with van der Waals surface area (Å²) in [6.45, 7) is 4.93. The standard InChI is InChI=1S/C17H25NO3/c1-3-20-14-9-8-13(12-15(14)21-4-2)16(19)17(18)10-6-5-7-11-17/h8-9,12H,3-7,10-11,18H2,1-2H3. The summed E-state index contributed by atoms with van der Waals surface area (Å²) < 4.78 is 11.1. The van der Waals surface area contributed by atoms with Crippen LogP contribution in [0.3, 0.4) is 0 Å². The van der Waals surface area contributed by atoms with Crippen molar-refractivity contribution in [3.63, 3.8) is 0 Å². The molecule has 1 aromatic carbocycles. The molecule has 1 aliphatic carbocycles. The molecule has 0 unspecified atom stereocenters. The van der Waals surface area contributed by atoms with E-state index in [0.717, 1.165) is 25.7 Å². The number of carbonyl (C=O) groups is 1. The third-order valence-corrected chi connectivity index (χ3v) is 4.00. The Hall–Kier alpha value is -1.55. The topological polar surface area (TPSA) is 61.5 Å². The molecule has 2 N–H and O–H groups in total. The number of benzene rings is 1. The Morgan fingerprint density at radius 3 is 2.33 bits per heavy atom. The molecule has 0 heterocycles. The van der Waals surface area contributed by atoms with Crippen LogP contribution in [0.15, 0.2) is 18.2 Å². The summed E-state index contributed by atoms with van der Waals surface area (Å²) in [6, 6.07) is 5.35. The van der Waals surface area contributed by atoms with Crippen LogP contribution in [0.25, 0.3) is 0 Å². The van der Waals surface area contributed by atoms with Gasteiger partial charge in [-0.25, -0.2) is 0 Å². The Balaban J connectivity index is 2.26. The lowest BCUT2D eigenvalue weighted by Gasteiger charge is -2.32. The number of Topliss-reactive ketones (excluding diaryl/α,β-unsaturated/α-hetero) is 1. The molecule has 116 valence electrons. The van der Waals surface area contributed by atoms with Gasteiger partial charge in [0.2, 0.25) is 0 Å². The third-order valence-electron chi connectivity index (χ3n) is 4.00. The van der Waals surface area contributed by atoms with E-state index >= 15 is 0 Å². The van der Waals surface area contributed by atoms with E-state index in [1.807, 2.05) is 13.8 Å². The molecule has 1 fully saturated rings. The molecule has 0 saturated heterocycles. The van der Waals surface area contributed by atoms with Crippen molar-refractivity contribution < 1.29 is 14.3 Å². The SMILES string of the molecule is CCOc1ccc(C(=O)C2(N)CCCCC2)cc1OCC. The fourth-order valence-electron chi connectivity index (χ4n) is 2.89. The maximum Gasteiger partial charge on any atom is 0.182 e. The van der Waals surface area contributed by atoms with Crippen LogP contribution in [0.1, 0.15) is 56.3 Å². The zero-order chi connectivity index (χ0) is 15.3. The lowest BCUT2D eigenvalue weighted by atomic mass is 9.77. The highest BCUT2D eigenvalue weighted by atomic mass is 16.5. The number of ketones is 1. The van der Waals surface area contributed by atoms with Gasteiger partial charge in [-0.3, -0.25) is 4.79 Å². The molecular formula is C17H25NO3. The van der Waals surface area contributed by atoms with Crippen molar-refractivity contribution in [1.82, 2.24) is 0 Å². The largest absolute Gasteiger partial charge is 0.490 e. The number of ether oxygens (including phenoxy) is 2. The van der Waals surface area contributed by atoms with Gasteiger partial charge in [-0.1, -0.05) is 19.3 Å². The molecular weight excluding hydrogens is 266 g/mol. The first-order chi connectivity index (χ1) is 10.1. The van der Waals surface area contributed by atoms with E-state index in [9.17, 15) is 4.79 Å². The van der Waals surface area contributed by atoms with Gasteiger partial charge in [0, 0.05) is 5.56 Å². The smallest absolute Gasteiger partial charge is 0.182 e. The molecule has 0 atom stereocenters. The van der Waals surface area contributed by atoms with E-state index in [0.29, 0.717) is 30.3 Å². The zero-order valence-corrected chi connectivity index (χ0v) is 13.0. The predicted molar refractivity (Wildman–Crippen MR) is 83.1 cm³/mol. The Bertz CT molecular complexity index is 493. The fraction of sp³-hybridized carbons (Fsp3) is 0.588. The van der Waals surface area contributed by atoms with E-state index in [4.69, 9.17) is 15.2 Å². The van der Waals surface area contributed by atoms with Gasteiger partial charge >= 0.3 is 0 Å². The molecule has 0 radical (unpaired) electrons. The summed E-state index contributed by atoms with van der Waals surface area (Å²) in [4.78, 5) is 12.7. The van der Waals surface area contributed by atoms with Crippen LogP contribution in [-0.4, -0.2) is 24.5 Å². The van der Waals surface area contributed by atoms with Crippen molar-refractivity contribution in [3.05, 3.63) is 23.8 Å². The summed E-state index contributed by atoms with van der Waals surface area (Å²) in [6.07, 6.45) is 4.75. The molecule has 0 spiro atoms. The molecule has 0 aliphatic heterocycles. The van der Waals surface area contributed by atoms with Crippen LogP contribution >= 0.6 is 0 Å². The number of carbonyl (C=O) groups excluding carboxylic acids is 1. The minimum Gasteiger partial charge on any atom is -0.490 e. The van der Waals surface area contributed by atoms with E-state index in [1.165, 1.54) is 6.42 Å². The van der Waals surface area contributed by atoms with Gasteiger partial charge in [0.05, 0.1) is 18.8 Å². The molecule has 0 amide bonds. The van der Waals surface area contributed by atoms with Gasteiger partial charge in [-0.2, -0.15) is 0 Å². The Morgan fingerprint density at radius 1 is 1.10 bits per heavy atom. The molecule has 21 heavy (non-hydrogen) atoms. The number of nitrogens with two attached hydrogens (primary N) is 1. The predicted octanol–water partition coefficient (Wildman–Crippen LogP) is 3.33. The quantitative estimate of drug-likeness (QED) is 0.817. The lowest BCUT2D eigenvalue weighted by molar-refractivity contribution is 0.0847. The fourth-order valence-corrected chi connectivity index (χ4v) is 2.89. The highest BCUT2D eigenvalue weighted by molar-refractivity contribution is 6.03. The zero-order valence-electron chi connectivity index (χ0n) is 13.0. The van der Waals surface area contributed by atoms with Crippen molar-refractivity contribution in [3.8, 4) is 11.5 Å². The molecule has 2 rings (SSSR count). The molecule has 1 saturated carbocycles. The van der Waals surface area contributed by atoms with E-state index in [-0.39, 0.29) is 5.78 Å². The normalized spacial score (nSPS) is 17.3. The minimum absolute atomic E-state index is 0.0196. The summed E-state index contributed by atoms with van der Waals surface area (Å²) >= 11 is 0. The van der Waals surface area contributed by atoms with Crippen molar-refractivity contribution in [2.45, 2.75) is 51.5 Å². The highest BCUT2D eigenvalue weighted by Gasteiger charge is 2.36. The average molecular weight is 291 g/mol. The van der Waals surface area contributed by atoms with Crippen LogP contribution in [0.4, 0.5) is 0 Å². The average Bonchev–Trinajstić information content (AvgIpc) is 2.49. The molecule has 0 bridgehead atoms. The third kappa shape index (κ3) is 3.56. The van der Waals surface area contributed by atoms with Crippen LogP contribution in [0, 0.1) is 0 Å². The molecule has 1 aromatic rings. The van der Waals surface area contributed by atoms with Crippen LogP contribution in [0.2, 0.25) is 0 Å². The van der Waals surface area contributed by atoms with E-state index in [2.05, 4.69) is 0 Å². The molecule has 1 aliphatic rings. The summed E-state index contributed by atoms with van der Waals surface area (Å²) in [5.41, 5.74) is 6.24. The van der Waals surface area contributed by atoms with E-state index < -0.39 is 5.54 Å². The number of rotatable bonds is 6. The van der Waals surface area contributed by atoms with E-state index in [1.54, 1.807) is 18.2 Å². The minimum atomic E-state index is -0.713. The van der Waals surface area contributed by atoms with Gasteiger partial charge in [-0.05, 0) is 44.9 Å². The maximum atomic E-state index is 12.7. The monoisotopic (exact) mass is 291 g/mol. The Kier molecular flexibility index (Phi) is 5.23. The summed E-state index contributed by atoms with van der Waals surface area (Å²) in [5, 5.41) is 0. The molecule has 4 nitrogen and oxygen atoms in total. The first-order valence-electron chi connectivity index (χ1n) is 7.84. The van der Waals surface area contributed by atoms with Crippen molar-refractivity contribution in [2.24, 2.45) is 5.73 Å². The second-order valence-electron chi connectivity index (χ2n) is 5.57.